The summed E-state index contributed by atoms with van der Waals surface area (Å²) in [7, 11) is 2.13. The molecule has 1 rings (SSSR count). The summed E-state index contributed by atoms with van der Waals surface area (Å²) in [6, 6.07) is 4.62. The monoisotopic (exact) mass is 284 g/mol. The first-order chi connectivity index (χ1) is 7.34. The van der Waals surface area contributed by atoms with E-state index in [-0.39, 0.29) is 0 Å². The molecule has 1 atom stereocenters. The fourth-order valence-corrected chi connectivity index (χ4v) is 2.26. The molecule has 0 aromatic heterocycles. The van der Waals surface area contributed by atoms with E-state index < -0.39 is 0 Å². The number of rotatable bonds is 3. The van der Waals surface area contributed by atoms with E-state index in [1.165, 1.54) is 5.69 Å². The summed E-state index contributed by atoms with van der Waals surface area (Å²) in [5.41, 5.74) is 9.04. The molecule has 0 saturated heterocycles. The minimum Gasteiger partial charge on any atom is -0.398 e. The number of nitrogens with two attached hydrogens (primary N) is 1. The second kappa shape index (κ2) is 5.09. The molecule has 1 unspecified atom stereocenters. The summed E-state index contributed by atoms with van der Waals surface area (Å²) in [4.78, 5) is 2.29. The van der Waals surface area contributed by atoms with Crippen LogP contribution in [0.2, 0.25) is 0 Å². The molecule has 16 heavy (non-hydrogen) atoms. The molecule has 2 N–H and O–H groups in total. The Morgan fingerprint density at radius 1 is 1.25 bits per heavy atom. The molecule has 2 nitrogen and oxygen atoms in total. The van der Waals surface area contributed by atoms with Crippen LogP contribution >= 0.6 is 15.9 Å². The summed E-state index contributed by atoms with van der Waals surface area (Å²) in [5.74, 6) is 0.620. The van der Waals surface area contributed by atoms with Gasteiger partial charge in [0.1, 0.15) is 0 Å². The molecule has 3 heteroatoms. The van der Waals surface area contributed by atoms with Crippen LogP contribution in [0.1, 0.15) is 26.3 Å². The van der Waals surface area contributed by atoms with Crippen molar-refractivity contribution in [3.8, 4) is 0 Å². The van der Waals surface area contributed by atoms with Crippen molar-refractivity contribution in [2.24, 2.45) is 5.92 Å². The first-order valence-corrected chi connectivity index (χ1v) is 6.42. The van der Waals surface area contributed by atoms with Crippen molar-refractivity contribution in [3.63, 3.8) is 0 Å². The smallest absolute Gasteiger partial charge is 0.0514 e. The molecule has 1 aromatic carbocycles. The Balaban J connectivity index is 3.08. The van der Waals surface area contributed by atoms with Crippen LogP contribution in [-0.4, -0.2) is 13.1 Å². The van der Waals surface area contributed by atoms with Gasteiger partial charge in [-0.2, -0.15) is 0 Å². The molecular formula is C13H21BrN2. The van der Waals surface area contributed by atoms with Gasteiger partial charge in [-0.05, 0) is 53.4 Å². The van der Waals surface area contributed by atoms with Crippen molar-refractivity contribution in [2.45, 2.75) is 33.7 Å². The topological polar surface area (TPSA) is 29.3 Å². The van der Waals surface area contributed by atoms with Crippen molar-refractivity contribution in [1.29, 1.82) is 0 Å². The number of benzene rings is 1. The number of nitrogens with zero attached hydrogens (tertiary/aromatic N) is 1. The molecule has 1 aromatic rings. The first-order valence-electron chi connectivity index (χ1n) is 5.63. The molecule has 0 bridgehead atoms. The van der Waals surface area contributed by atoms with Crippen molar-refractivity contribution < 1.29 is 0 Å². The van der Waals surface area contributed by atoms with Gasteiger partial charge in [0.2, 0.25) is 0 Å². The third-order valence-corrected chi connectivity index (χ3v) is 3.93. The quantitative estimate of drug-likeness (QED) is 0.855. The third kappa shape index (κ3) is 2.70. The van der Waals surface area contributed by atoms with Crippen LogP contribution in [-0.2, 0) is 0 Å². The number of hydrogen-bond donors (Lipinski definition) is 1. The summed E-state index contributed by atoms with van der Waals surface area (Å²) < 4.78 is 1.06. The minimum atomic E-state index is 0.499. The summed E-state index contributed by atoms with van der Waals surface area (Å²) in [6.45, 7) is 8.75. The molecule has 0 aliphatic rings. The molecular weight excluding hydrogens is 264 g/mol. The Morgan fingerprint density at radius 3 is 2.31 bits per heavy atom. The van der Waals surface area contributed by atoms with Crippen LogP contribution < -0.4 is 10.6 Å². The highest BCUT2D eigenvalue weighted by Crippen LogP contribution is 2.32. The fraction of sp³-hybridized carbons (Fsp3) is 0.538. The predicted molar refractivity (Wildman–Crippen MR) is 76.0 cm³/mol. The minimum absolute atomic E-state index is 0.499. The molecule has 0 aliphatic heterocycles. The maximum atomic E-state index is 5.88. The molecule has 0 aliphatic carbocycles. The van der Waals surface area contributed by atoms with Gasteiger partial charge in [0.05, 0.1) is 5.69 Å². The highest BCUT2D eigenvalue weighted by molar-refractivity contribution is 9.10. The maximum Gasteiger partial charge on any atom is 0.0514 e. The van der Waals surface area contributed by atoms with Crippen LogP contribution in [0.3, 0.4) is 0 Å². The molecule has 0 amide bonds. The van der Waals surface area contributed by atoms with Crippen LogP contribution in [0.15, 0.2) is 16.6 Å². The van der Waals surface area contributed by atoms with Crippen molar-refractivity contribution >= 4 is 27.3 Å². The Kier molecular flexibility index (Phi) is 4.25. The average molecular weight is 285 g/mol. The molecule has 0 heterocycles. The summed E-state index contributed by atoms with van der Waals surface area (Å²) in [5, 5.41) is 0. The molecule has 0 saturated carbocycles. The zero-order valence-corrected chi connectivity index (χ0v) is 12.3. The van der Waals surface area contributed by atoms with E-state index in [0.29, 0.717) is 12.0 Å². The van der Waals surface area contributed by atoms with Gasteiger partial charge < -0.3 is 10.6 Å². The molecule has 90 valence electrons. The van der Waals surface area contributed by atoms with E-state index >= 15 is 0 Å². The van der Waals surface area contributed by atoms with Gasteiger partial charge in [0.25, 0.3) is 0 Å². The van der Waals surface area contributed by atoms with Crippen LogP contribution in [0, 0.1) is 12.8 Å². The van der Waals surface area contributed by atoms with Gasteiger partial charge in [0, 0.05) is 23.2 Å². The Morgan fingerprint density at radius 2 is 1.81 bits per heavy atom. The van der Waals surface area contributed by atoms with Gasteiger partial charge in [-0.3, -0.25) is 0 Å². The first kappa shape index (κ1) is 13.4. The lowest BCUT2D eigenvalue weighted by Crippen LogP contribution is -2.33. The standard InChI is InChI=1S/C13H21BrN2/c1-8(2)10(4)16(5)13-6-9(3)12(15)7-11(13)14/h6-8,10H,15H2,1-5H3. The van der Waals surface area contributed by atoms with Crippen LogP contribution in [0.25, 0.3) is 0 Å². The number of aryl methyl sites for hydroxylation is 1. The van der Waals surface area contributed by atoms with Crippen molar-refractivity contribution in [1.82, 2.24) is 0 Å². The number of anilines is 2. The lowest BCUT2D eigenvalue weighted by Gasteiger charge is -2.31. The van der Waals surface area contributed by atoms with Gasteiger partial charge in [-0.1, -0.05) is 13.8 Å². The van der Waals surface area contributed by atoms with Gasteiger partial charge >= 0.3 is 0 Å². The maximum absolute atomic E-state index is 5.88. The van der Waals surface area contributed by atoms with Gasteiger partial charge in [0.15, 0.2) is 0 Å². The summed E-state index contributed by atoms with van der Waals surface area (Å²) in [6.07, 6.45) is 0. The zero-order valence-electron chi connectivity index (χ0n) is 10.7. The van der Waals surface area contributed by atoms with E-state index in [1.54, 1.807) is 0 Å². The third-order valence-electron chi connectivity index (χ3n) is 3.29. The van der Waals surface area contributed by atoms with Crippen LogP contribution in [0.5, 0.6) is 0 Å². The number of halogens is 1. The normalized spacial score (nSPS) is 12.9. The van der Waals surface area contributed by atoms with E-state index in [9.17, 15) is 0 Å². The molecule has 0 fully saturated rings. The lowest BCUT2D eigenvalue weighted by molar-refractivity contribution is 0.505. The van der Waals surface area contributed by atoms with Crippen LogP contribution in [0.4, 0.5) is 11.4 Å². The number of nitrogen functional groups attached to an aromatic ring is 1. The second-order valence-corrected chi connectivity index (χ2v) is 5.61. The van der Waals surface area contributed by atoms with Crippen molar-refractivity contribution in [2.75, 3.05) is 17.7 Å². The van der Waals surface area contributed by atoms with Gasteiger partial charge in [-0.25, -0.2) is 0 Å². The number of hydrogen-bond acceptors (Lipinski definition) is 2. The fourth-order valence-electron chi connectivity index (χ4n) is 1.62. The highest BCUT2D eigenvalue weighted by atomic mass is 79.9. The highest BCUT2D eigenvalue weighted by Gasteiger charge is 2.16. The van der Waals surface area contributed by atoms with E-state index in [2.05, 4.69) is 54.7 Å². The Bertz CT molecular complexity index is 374. The Hall–Kier alpha value is -0.700. The van der Waals surface area contributed by atoms with E-state index in [0.717, 1.165) is 15.7 Å². The van der Waals surface area contributed by atoms with E-state index in [4.69, 9.17) is 5.73 Å². The second-order valence-electron chi connectivity index (χ2n) is 4.76. The lowest BCUT2D eigenvalue weighted by atomic mass is 10.0. The summed E-state index contributed by atoms with van der Waals surface area (Å²) >= 11 is 3.58. The van der Waals surface area contributed by atoms with Crippen molar-refractivity contribution in [3.05, 3.63) is 22.2 Å². The molecule has 0 radical (unpaired) electrons. The van der Waals surface area contributed by atoms with E-state index in [1.807, 2.05) is 13.0 Å². The largest absolute Gasteiger partial charge is 0.398 e. The zero-order chi connectivity index (χ0) is 12.5. The predicted octanol–water partition coefficient (Wildman–Crippen LogP) is 3.82. The van der Waals surface area contributed by atoms with Gasteiger partial charge in [-0.15, -0.1) is 0 Å². The SMILES string of the molecule is Cc1cc(N(C)C(C)C(C)C)c(Br)cc1N. The molecule has 0 spiro atoms. The average Bonchev–Trinajstić information content (AvgIpc) is 2.21. The Labute approximate surface area is 107 Å².